The molecule has 0 bridgehead atoms. The number of nitrogen functional groups attached to an aromatic ring is 1. The second-order valence-corrected chi connectivity index (χ2v) is 4.18. The zero-order valence-corrected chi connectivity index (χ0v) is 9.64. The Kier molecular flexibility index (Phi) is 3.22. The van der Waals surface area contributed by atoms with Crippen molar-refractivity contribution < 1.29 is 0 Å². The fourth-order valence-electron chi connectivity index (χ4n) is 1.88. The van der Waals surface area contributed by atoms with Gasteiger partial charge in [-0.05, 0) is 24.6 Å². The van der Waals surface area contributed by atoms with E-state index < -0.39 is 0 Å². The highest BCUT2D eigenvalue weighted by atomic mass is 35.5. The highest BCUT2D eigenvalue weighted by Gasteiger charge is 2.13. The van der Waals surface area contributed by atoms with Crippen LogP contribution in [0.1, 0.15) is 17.5 Å². The quantitative estimate of drug-likeness (QED) is 0.589. The summed E-state index contributed by atoms with van der Waals surface area (Å²) in [7, 11) is 0. The van der Waals surface area contributed by atoms with Gasteiger partial charge in [0, 0.05) is 23.9 Å². The molecule has 1 aromatic rings. The summed E-state index contributed by atoms with van der Waals surface area (Å²) in [6.07, 6.45) is 6.73. The van der Waals surface area contributed by atoms with E-state index in [1.807, 2.05) is 6.20 Å². The van der Waals surface area contributed by atoms with Crippen LogP contribution in [0.15, 0.2) is 17.4 Å². The normalized spacial score (nSPS) is 17.3. The van der Waals surface area contributed by atoms with E-state index in [1.54, 1.807) is 6.08 Å². The van der Waals surface area contributed by atoms with E-state index in [0.29, 0.717) is 5.82 Å². The monoisotopic (exact) mass is 238 g/mol. The average Bonchev–Trinajstić information content (AvgIpc) is 2.61. The van der Waals surface area contributed by atoms with Crippen molar-refractivity contribution in [1.29, 1.82) is 0 Å². The van der Waals surface area contributed by atoms with Gasteiger partial charge in [-0.2, -0.15) is 0 Å². The van der Waals surface area contributed by atoms with Gasteiger partial charge in [-0.1, -0.05) is 17.7 Å². The number of nitrogens with two attached hydrogens (primary N) is 2. The summed E-state index contributed by atoms with van der Waals surface area (Å²) in [5, 5.41) is 3.51. The van der Waals surface area contributed by atoms with Crippen molar-refractivity contribution in [2.75, 3.05) is 18.8 Å². The molecule has 4 nitrogen and oxygen atoms in total. The number of aromatic amines is 1. The van der Waals surface area contributed by atoms with Crippen LogP contribution in [-0.4, -0.2) is 18.1 Å². The van der Waals surface area contributed by atoms with Gasteiger partial charge in [0.25, 0.3) is 0 Å². The smallest absolute Gasteiger partial charge is 0.108 e. The SMILES string of the molecule is N/C(Cl)=C\c1c(C2=CCNCC2)c[nH]c1N. The van der Waals surface area contributed by atoms with E-state index in [1.165, 1.54) is 5.57 Å². The van der Waals surface area contributed by atoms with Gasteiger partial charge in [-0.25, -0.2) is 0 Å². The van der Waals surface area contributed by atoms with Gasteiger partial charge in [0.2, 0.25) is 0 Å². The van der Waals surface area contributed by atoms with Crippen LogP contribution in [0.25, 0.3) is 11.6 Å². The third-order valence-electron chi connectivity index (χ3n) is 2.64. The van der Waals surface area contributed by atoms with Crippen LogP contribution in [0.4, 0.5) is 5.82 Å². The van der Waals surface area contributed by atoms with E-state index in [0.717, 1.165) is 30.6 Å². The Morgan fingerprint density at radius 2 is 2.31 bits per heavy atom. The van der Waals surface area contributed by atoms with Crippen LogP contribution in [0.5, 0.6) is 0 Å². The Morgan fingerprint density at radius 3 is 2.94 bits per heavy atom. The molecule has 0 saturated carbocycles. The molecule has 0 spiro atoms. The minimum absolute atomic E-state index is 0.238. The summed E-state index contributed by atoms with van der Waals surface area (Å²) in [6, 6.07) is 0. The number of halogens is 1. The molecule has 0 aliphatic carbocycles. The molecule has 2 rings (SSSR count). The lowest BCUT2D eigenvalue weighted by Gasteiger charge is -2.13. The predicted octanol–water partition coefficient (Wildman–Crippen LogP) is 1.47. The van der Waals surface area contributed by atoms with Crippen molar-refractivity contribution in [3.63, 3.8) is 0 Å². The number of nitrogens with one attached hydrogen (secondary N) is 2. The molecule has 1 aliphatic heterocycles. The molecule has 0 fully saturated rings. The molecule has 1 aromatic heterocycles. The molecule has 6 N–H and O–H groups in total. The van der Waals surface area contributed by atoms with E-state index in [-0.39, 0.29) is 5.16 Å². The van der Waals surface area contributed by atoms with Crippen molar-refractivity contribution in [3.05, 3.63) is 28.6 Å². The first kappa shape index (κ1) is 11.1. The third-order valence-corrected chi connectivity index (χ3v) is 2.75. The van der Waals surface area contributed by atoms with Crippen molar-refractivity contribution in [3.8, 4) is 0 Å². The van der Waals surface area contributed by atoms with E-state index in [9.17, 15) is 0 Å². The second kappa shape index (κ2) is 4.63. The highest BCUT2D eigenvalue weighted by Crippen LogP contribution is 2.28. The number of H-pyrrole nitrogens is 1. The van der Waals surface area contributed by atoms with E-state index in [4.69, 9.17) is 23.1 Å². The Bertz CT molecular complexity index is 441. The van der Waals surface area contributed by atoms with Crippen molar-refractivity contribution in [2.45, 2.75) is 6.42 Å². The highest BCUT2D eigenvalue weighted by molar-refractivity contribution is 6.31. The molecule has 86 valence electrons. The predicted molar refractivity (Wildman–Crippen MR) is 68.7 cm³/mol. The number of hydrogen-bond acceptors (Lipinski definition) is 3. The van der Waals surface area contributed by atoms with Crippen LogP contribution in [0.3, 0.4) is 0 Å². The molecule has 0 atom stereocenters. The first-order valence-electron chi connectivity index (χ1n) is 5.18. The Labute approximate surface area is 99.3 Å². The standard InChI is InChI=1S/C11H15ClN4/c12-10(13)5-8-9(6-16-11(8)14)7-1-3-15-4-2-7/h1,5-6,15-16H,2-4,13-14H2/b10-5-. The van der Waals surface area contributed by atoms with E-state index >= 15 is 0 Å². The molecular formula is C11H15ClN4. The molecule has 1 aliphatic rings. The van der Waals surface area contributed by atoms with Gasteiger partial charge in [-0.3, -0.25) is 0 Å². The number of aromatic nitrogens is 1. The molecule has 5 heteroatoms. The van der Waals surface area contributed by atoms with Crippen LogP contribution >= 0.6 is 11.6 Å². The average molecular weight is 239 g/mol. The van der Waals surface area contributed by atoms with Gasteiger partial charge >= 0.3 is 0 Å². The summed E-state index contributed by atoms with van der Waals surface area (Å²) in [6.45, 7) is 1.87. The van der Waals surface area contributed by atoms with Crippen LogP contribution < -0.4 is 16.8 Å². The van der Waals surface area contributed by atoms with Crippen molar-refractivity contribution in [2.24, 2.45) is 5.73 Å². The van der Waals surface area contributed by atoms with Crippen LogP contribution in [0, 0.1) is 0 Å². The minimum atomic E-state index is 0.238. The van der Waals surface area contributed by atoms with Crippen LogP contribution in [-0.2, 0) is 0 Å². The first-order valence-corrected chi connectivity index (χ1v) is 5.56. The Balaban J connectivity index is 2.41. The first-order chi connectivity index (χ1) is 7.68. The zero-order chi connectivity index (χ0) is 11.5. The number of anilines is 1. The lowest BCUT2D eigenvalue weighted by molar-refractivity contribution is 0.738. The zero-order valence-electron chi connectivity index (χ0n) is 8.89. The molecular weight excluding hydrogens is 224 g/mol. The fourth-order valence-corrected chi connectivity index (χ4v) is 1.99. The molecule has 0 saturated heterocycles. The number of rotatable bonds is 2. The van der Waals surface area contributed by atoms with E-state index in [2.05, 4.69) is 16.4 Å². The topological polar surface area (TPSA) is 79.9 Å². The Hall–Kier alpha value is -1.39. The molecule has 0 radical (unpaired) electrons. The maximum absolute atomic E-state index is 5.84. The molecule has 16 heavy (non-hydrogen) atoms. The fraction of sp³-hybridized carbons (Fsp3) is 0.273. The van der Waals surface area contributed by atoms with Gasteiger partial charge in [0.15, 0.2) is 0 Å². The van der Waals surface area contributed by atoms with Crippen LogP contribution in [0.2, 0.25) is 0 Å². The summed E-state index contributed by atoms with van der Waals surface area (Å²) in [5.41, 5.74) is 14.6. The summed E-state index contributed by atoms with van der Waals surface area (Å²) >= 11 is 5.69. The minimum Gasteiger partial charge on any atom is -0.389 e. The molecule has 2 heterocycles. The lowest BCUT2D eigenvalue weighted by Crippen LogP contribution is -2.20. The molecule has 0 unspecified atom stereocenters. The van der Waals surface area contributed by atoms with Gasteiger partial charge in [-0.15, -0.1) is 0 Å². The molecule has 0 amide bonds. The number of hydrogen-bond donors (Lipinski definition) is 4. The second-order valence-electron chi connectivity index (χ2n) is 3.74. The van der Waals surface area contributed by atoms with Gasteiger partial charge < -0.3 is 21.8 Å². The van der Waals surface area contributed by atoms with Crippen molar-refractivity contribution >= 4 is 29.1 Å². The maximum Gasteiger partial charge on any atom is 0.108 e. The summed E-state index contributed by atoms with van der Waals surface area (Å²) in [4.78, 5) is 3.00. The van der Waals surface area contributed by atoms with Gasteiger partial charge in [0.05, 0.1) is 5.16 Å². The largest absolute Gasteiger partial charge is 0.389 e. The van der Waals surface area contributed by atoms with Crippen molar-refractivity contribution in [1.82, 2.24) is 10.3 Å². The maximum atomic E-state index is 5.84. The Morgan fingerprint density at radius 1 is 1.50 bits per heavy atom. The molecule has 0 aromatic carbocycles. The summed E-state index contributed by atoms with van der Waals surface area (Å²) < 4.78 is 0. The summed E-state index contributed by atoms with van der Waals surface area (Å²) in [5.74, 6) is 0.595. The lowest BCUT2D eigenvalue weighted by atomic mass is 9.99. The van der Waals surface area contributed by atoms with Gasteiger partial charge in [0.1, 0.15) is 5.82 Å². The third kappa shape index (κ3) is 2.23.